The predicted octanol–water partition coefficient (Wildman–Crippen LogP) is 3.38. The minimum absolute atomic E-state index is 0.0792. The normalized spacial score (nSPS) is 20.6. The average molecular weight is 428 g/mol. The first kappa shape index (κ1) is 19.7. The molecule has 0 bridgehead atoms. The quantitative estimate of drug-likeness (QED) is 0.420. The first-order valence-corrected chi connectivity index (χ1v) is 11.7. The molecule has 6 nitrogen and oxygen atoms in total. The fourth-order valence-electron chi connectivity index (χ4n) is 2.59. The number of thiocarbonyl (C=S) groups is 1. The smallest absolute Gasteiger partial charge is 0.327 e. The van der Waals surface area contributed by atoms with Gasteiger partial charge >= 0.3 is 7.60 Å². The number of carbonyl (C=O) groups is 1. The zero-order valence-electron chi connectivity index (χ0n) is 13.9. The van der Waals surface area contributed by atoms with E-state index >= 15 is 0 Å². The van der Waals surface area contributed by atoms with Crippen molar-refractivity contribution in [2.45, 2.75) is 11.8 Å². The molecule has 0 aromatic heterocycles. The van der Waals surface area contributed by atoms with Crippen molar-refractivity contribution in [1.82, 2.24) is 4.90 Å². The predicted molar refractivity (Wildman–Crippen MR) is 110 cm³/mol. The first-order chi connectivity index (χ1) is 12.3. The Morgan fingerprint density at radius 1 is 1.19 bits per heavy atom. The third-order valence-corrected chi connectivity index (χ3v) is 7.13. The summed E-state index contributed by atoms with van der Waals surface area (Å²) in [5, 5.41) is 1.02. The van der Waals surface area contributed by atoms with Crippen molar-refractivity contribution in [3.63, 3.8) is 0 Å². The first-order valence-electron chi connectivity index (χ1n) is 7.85. The van der Waals surface area contributed by atoms with Crippen molar-refractivity contribution in [3.05, 3.63) is 46.4 Å². The van der Waals surface area contributed by atoms with Crippen LogP contribution in [0.25, 0.3) is 0 Å². The largest absolute Gasteiger partial charge is 0.335 e. The van der Waals surface area contributed by atoms with Crippen LogP contribution in [0.5, 0.6) is 0 Å². The summed E-state index contributed by atoms with van der Waals surface area (Å²) in [6.07, 6.45) is 3.22. The number of nitrogens with zero attached hydrogens (tertiary/aromatic N) is 2. The lowest BCUT2D eigenvalue weighted by Crippen LogP contribution is -2.30. The molecular weight excluding hydrogens is 411 g/mol. The van der Waals surface area contributed by atoms with Crippen LogP contribution in [0.15, 0.2) is 51.2 Å². The lowest BCUT2D eigenvalue weighted by Gasteiger charge is -2.17. The number of amides is 1. The van der Waals surface area contributed by atoms with Crippen LogP contribution in [0.4, 0.5) is 5.69 Å². The number of allylic oxidation sites excluding steroid dienone is 2. The van der Waals surface area contributed by atoms with E-state index in [2.05, 4.69) is 24.0 Å². The van der Waals surface area contributed by atoms with Gasteiger partial charge in [-0.2, -0.15) is 0 Å². The molecule has 2 N–H and O–H groups in total. The summed E-state index contributed by atoms with van der Waals surface area (Å²) in [5.41, 5.74) is 1.15. The fourth-order valence-corrected chi connectivity index (χ4v) is 5.43. The minimum atomic E-state index is -4.17. The second kappa shape index (κ2) is 7.88. The van der Waals surface area contributed by atoms with E-state index < -0.39 is 13.8 Å². The van der Waals surface area contributed by atoms with Crippen molar-refractivity contribution in [2.75, 3.05) is 24.2 Å². The molecule has 0 radical (unpaired) electrons. The van der Waals surface area contributed by atoms with Crippen LogP contribution in [-0.4, -0.2) is 44.2 Å². The van der Waals surface area contributed by atoms with Gasteiger partial charge in [0.05, 0.1) is 21.8 Å². The Bertz CT molecular complexity index is 865. The van der Waals surface area contributed by atoms with Crippen molar-refractivity contribution in [1.29, 1.82) is 0 Å². The summed E-state index contributed by atoms with van der Waals surface area (Å²) in [6.45, 7) is 2.80. The van der Waals surface area contributed by atoms with Crippen molar-refractivity contribution in [2.24, 2.45) is 0 Å². The molecule has 1 aromatic rings. The highest BCUT2D eigenvalue weighted by Gasteiger charge is 2.33. The maximum Gasteiger partial charge on any atom is 0.327 e. The number of anilines is 1. The molecular formula is C16H17N2O4PS3. The third-order valence-electron chi connectivity index (χ3n) is 3.82. The van der Waals surface area contributed by atoms with E-state index in [1.165, 1.54) is 9.80 Å². The summed E-state index contributed by atoms with van der Waals surface area (Å²) in [4.78, 5) is 35.5. The van der Waals surface area contributed by atoms with Gasteiger partial charge in [-0.15, -0.1) is 0 Å². The number of para-hydroxylation sites is 1. The van der Waals surface area contributed by atoms with Gasteiger partial charge in [-0.3, -0.25) is 14.3 Å². The second-order valence-electron chi connectivity index (χ2n) is 5.56. The van der Waals surface area contributed by atoms with Crippen molar-refractivity contribution < 1.29 is 19.1 Å². The van der Waals surface area contributed by atoms with Crippen LogP contribution in [0.1, 0.15) is 6.92 Å². The maximum absolute atomic E-state index is 12.5. The van der Waals surface area contributed by atoms with Crippen LogP contribution in [0, 0.1) is 0 Å². The molecule has 1 fully saturated rings. The van der Waals surface area contributed by atoms with Gasteiger partial charge < -0.3 is 14.7 Å². The van der Waals surface area contributed by atoms with E-state index in [0.717, 1.165) is 29.0 Å². The molecule has 1 aromatic carbocycles. The Morgan fingerprint density at radius 2 is 1.92 bits per heavy atom. The SMILES string of the molecule is CCN1C(=CC=C2SC(=S)N(CCP(=O)(O)O)C2=O)Sc2ccccc21. The number of fused-ring (bicyclic) bond motifs is 1. The number of rotatable bonds is 5. The molecule has 0 atom stereocenters. The molecule has 0 aliphatic carbocycles. The third kappa shape index (κ3) is 4.24. The van der Waals surface area contributed by atoms with Gasteiger partial charge in [0.2, 0.25) is 0 Å². The average Bonchev–Trinajstić information content (AvgIpc) is 3.07. The molecule has 2 heterocycles. The zero-order valence-corrected chi connectivity index (χ0v) is 17.2. The second-order valence-corrected chi connectivity index (χ2v) is 10.1. The van der Waals surface area contributed by atoms with Gasteiger partial charge in [-0.1, -0.05) is 47.9 Å². The molecule has 3 rings (SSSR count). The lowest BCUT2D eigenvalue weighted by molar-refractivity contribution is -0.122. The molecule has 10 heteroatoms. The molecule has 1 saturated heterocycles. The number of benzene rings is 1. The van der Waals surface area contributed by atoms with Gasteiger partial charge in [0.25, 0.3) is 5.91 Å². The monoisotopic (exact) mass is 428 g/mol. The van der Waals surface area contributed by atoms with E-state index in [0.29, 0.717) is 9.23 Å². The highest BCUT2D eigenvalue weighted by atomic mass is 32.2. The molecule has 1 amide bonds. The van der Waals surface area contributed by atoms with Gasteiger partial charge in [0, 0.05) is 18.0 Å². The standard InChI is InChI=1S/C16H17N2O4PS3/c1-2-17-11-5-3-4-6-12(11)25-14(17)8-7-13-15(19)18(16(24)26-13)9-10-23(20,21)22/h3-8H,2,9-10H2,1H3,(H2,20,21,22). The molecule has 26 heavy (non-hydrogen) atoms. The van der Waals surface area contributed by atoms with E-state index in [4.69, 9.17) is 22.0 Å². The fraction of sp³-hybridized carbons (Fsp3) is 0.250. The summed E-state index contributed by atoms with van der Waals surface area (Å²) in [5.74, 6) is -0.311. The summed E-state index contributed by atoms with van der Waals surface area (Å²) in [6, 6.07) is 8.12. The topological polar surface area (TPSA) is 81.1 Å². The molecule has 0 unspecified atom stereocenters. The van der Waals surface area contributed by atoms with Crippen LogP contribution in [0.2, 0.25) is 0 Å². The van der Waals surface area contributed by atoms with Gasteiger partial charge in [0.1, 0.15) is 4.32 Å². The number of hydrogen-bond donors (Lipinski definition) is 2. The van der Waals surface area contributed by atoms with Crippen LogP contribution >= 0.6 is 43.3 Å². The summed E-state index contributed by atoms with van der Waals surface area (Å²) < 4.78 is 11.4. The lowest BCUT2D eigenvalue weighted by atomic mass is 10.3. The zero-order chi connectivity index (χ0) is 18.9. The Labute approximate surface area is 165 Å². The summed E-state index contributed by atoms with van der Waals surface area (Å²) >= 11 is 7.97. The van der Waals surface area contributed by atoms with Crippen molar-refractivity contribution >= 4 is 59.3 Å². The van der Waals surface area contributed by atoms with E-state index in [9.17, 15) is 9.36 Å². The van der Waals surface area contributed by atoms with Crippen LogP contribution in [-0.2, 0) is 9.36 Å². The highest BCUT2D eigenvalue weighted by molar-refractivity contribution is 8.26. The number of carbonyl (C=O) groups excluding carboxylic acids is 1. The van der Waals surface area contributed by atoms with Crippen molar-refractivity contribution in [3.8, 4) is 0 Å². The van der Waals surface area contributed by atoms with Crippen LogP contribution in [0.3, 0.4) is 0 Å². The Morgan fingerprint density at radius 3 is 2.62 bits per heavy atom. The Hall–Kier alpha value is -1.09. The summed E-state index contributed by atoms with van der Waals surface area (Å²) in [7, 11) is -4.17. The van der Waals surface area contributed by atoms with Crippen LogP contribution < -0.4 is 4.90 Å². The molecule has 0 saturated carbocycles. The number of hydrogen-bond acceptors (Lipinski definition) is 6. The minimum Gasteiger partial charge on any atom is -0.335 e. The molecule has 2 aliphatic heterocycles. The molecule has 138 valence electrons. The van der Waals surface area contributed by atoms with Gasteiger partial charge in [-0.25, -0.2) is 0 Å². The Kier molecular flexibility index (Phi) is 5.96. The van der Waals surface area contributed by atoms with Gasteiger partial charge in [0.15, 0.2) is 0 Å². The van der Waals surface area contributed by atoms with E-state index in [1.807, 2.05) is 18.2 Å². The van der Waals surface area contributed by atoms with E-state index in [1.54, 1.807) is 17.8 Å². The molecule has 0 spiro atoms. The maximum atomic E-state index is 12.5. The van der Waals surface area contributed by atoms with Gasteiger partial charge in [-0.05, 0) is 31.2 Å². The number of thioether (sulfide) groups is 2. The van der Waals surface area contributed by atoms with E-state index in [-0.39, 0.29) is 12.5 Å². The molecule has 2 aliphatic rings. The Balaban J connectivity index is 1.77. The highest BCUT2D eigenvalue weighted by Crippen LogP contribution is 2.45.